The smallest absolute Gasteiger partial charge is 0.303 e. The molecule has 8 heteroatoms. The van der Waals surface area contributed by atoms with E-state index in [9.17, 15) is 9.59 Å². The Bertz CT molecular complexity index is 938. The predicted molar refractivity (Wildman–Crippen MR) is 109 cm³/mol. The molecule has 29 heavy (non-hydrogen) atoms. The highest BCUT2D eigenvalue weighted by atomic mass is 35.5. The van der Waals surface area contributed by atoms with Crippen molar-refractivity contribution < 1.29 is 24.2 Å². The summed E-state index contributed by atoms with van der Waals surface area (Å²) in [5.41, 5.74) is 2.18. The van der Waals surface area contributed by atoms with Gasteiger partial charge in [0.2, 0.25) is 5.91 Å². The Morgan fingerprint density at radius 3 is 2.38 bits per heavy atom. The molecule has 152 valence electrons. The van der Waals surface area contributed by atoms with E-state index in [0.717, 1.165) is 11.1 Å². The van der Waals surface area contributed by atoms with Gasteiger partial charge in [-0.05, 0) is 23.8 Å². The zero-order chi connectivity index (χ0) is 21.0. The van der Waals surface area contributed by atoms with Crippen LogP contribution >= 0.6 is 11.6 Å². The van der Waals surface area contributed by atoms with Crippen molar-refractivity contribution in [1.82, 2.24) is 5.01 Å². The van der Waals surface area contributed by atoms with E-state index in [4.69, 9.17) is 26.2 Å². The van der Waals surface area contributed by atoms with Gasteiger partial charge in [0.05, 0.1) is 32.4 Å². The summed E-state index contributed by atoms with van der Waals surface area (Å²) in [7, 11) is 3.12. The maximum atomic E-state index is 12.7. The molecule has 1 N–H and O–H groups in total. The highest BCUT2D eigenvalue weighted by Crippen LogP contribution is 2.37. The second-order valence-corrected chi connectivity index (χ2v) is 6.93. The van der Waals surface area contributed by atoms with Gasteiger partial charge >= 0.3 is 5.97 Å². The third-order valence-corrected chi connectivity index (χ3v) is 5.01. The zero-order valence-corrected chi connectivity index (χ0v) is 16.8. The standard InChI is InChI=1S/C21H21ClN2O5/c1-28-14-9-13(10-15(11-14)29-2)18-12-19(16-5-3-4-6-17(16)22)24(23-18)20(25)7-8-21(26)27/h3-6,9-11,19H,7-8,12H2,1-2H3,(H,26,27). The van der Waals surface area contributed by atoms with E-state index in [1.54, 1.807) is 26.4 Å². The first-order chi connectivity index (χ1) is 13.9. The molecule has 7 nitrogen and oxygen atoms in total. The fraction of sp³-hybridized carbons (Fsp3) is 0.286. The number of halogens is 1. The normalized spacial score (nSPS) is 15.8. The third-order valence-electron chi connectivity index (χ3n) is 4.67. The number of aliphatic carboxylic acids is 1. The number of hydrazone groups is 1. The molecule has 1 amide bonds. The summed E-state index contributed by atoms with van der Waals surface area (Å²) in [6.07, 6.45) is 0.0236. The SMILES string of the molecule is COc1cc(OC)cc(C2=NN(C(=O)CCC(=O)O)C(c3ccccc3Cl)C2)c1. The lowest BCUT2D eigenvalue weighted by molar-refractivity contribution is -0.141. The zero-order valence-electron chi connectivity index (χ0n) is 16.1. The van der Waals surface area contributed by atoms with Gasteiger partial charge in [0.1, 0.15) is 11.5 Å². The van der Waals surface area contributed by atoms with Crippen molar-refractivity contribution in [3.63, 3.8) is 0 Å². The van der Waals surface area contributed by atoms with Crippen LogP contribution in [0.3, 0.4) is 0 Å². The van der Waals surface area contributed by atoms with E-state index < -0.39 is 12.0 Å². The molecular weight excluding hydrogens is 396 g/mol. The van der Waals surface area contributed by atoms with Crippen molar-refractivity contribution in [3.8, 4) is 11.5 Å². The van der Waals surface area contributed by atoms with Gasteiger partial charge in [-0.3, -0.25) is 9.59 Å². The Hall–Kier alpha value is -3.06. The maximum Gasteiger partial charge on any atom is 0.303 e. The fourth-order valence-electron chi connectivity index (χ4n) is 3.20. The summed E-state index contributed by atoms with van der Waals surface area (Å²) in [6.45, 7) is 0. The van der Waals surface area contributed by atoms with E-state index in [1.807, 2.05) is 30.3 Å². The second-order valence-electron chi connectivity index (χ2n) is 6.52. The molecule has 3 rings (SSSR count). The molecule has 1 unspecified atom stereocenters. The number of rotatable bonds is 7. The minimum atomic E-state index is -1.03. The number of nitrogens with zero attached hydrogens (tertiary/aromatic N) is 2. The van der Waals surface area contributed by atoms with Gasteiger partial charge in [-0.2, -0.15) is 5.10 Å². The number of carbonyl (C=O) groups excluding carboxylic acids is 1. The van der Waals surface area contributed by atoms with Crippen LogP contribution in [0.4, 0.5) is 0 Å². The minimum Gasteiger partial charge on any atom is -0.497 e. The van der Waals surface area contributed by atoms with Crippen LogP contribution in [0.1, 0.15) is 36.4 Å². The van der Waals surface area contributed by atoms with Gasteiger partial charge in [0.15, 0.2) is 0 Å². The van der Waals surface area contributed by atoms with Gasteiger partial charge < -0.3 is 14.6 Å². The van der Waals surface area contributed by atoms with Gasteiger partial charge in [0, 0.05) is 29.5 Å². The van der Waals surface area contributed by atoms with Crippen LogP contribution in [-0.4, -0.2) is 41.9 Å². The fourth-order valence-corrected chi connectivity index (χ4v) is 3.47. The first-order valence-electron chi connectivity index (χ1n) is 9.02. The number of hydrogen-bond acceptors (Lipinski definition) is 5. The van der Waals surface area contributed by atoms with Gasteiger partial charge in [-0.15, -0.1) is 0 Å². The molecule has 0 saturated carbocycles. The average Bonchev–Trinajstić information content (AvgIpc) is 3.17. The van der Waals surface area contributed by atoms with Gasteiger partial charge in [0.25, 0.3) is 0 Å². The Labute approximate surface area is 173 Å². The first kappa shape index (κ1) is 20.7. The van der Waals surface area contributed by atoms with E-state index >= 15 is 0 Å². The number of carboxylic acid groups (broad SMARTS) is 1. The predicted octanol–water partition coefficient (Wildman–Crippen LogP) is 3.90. The maximum absolute atomic E-state index is 12.7. The average molecular weight is 417 g/mol. The van der Waals surface area contributed by atoms with Crippen molar-refractivity contribution in [2.24, 2.45) is 5.10 Å². The molecule has 1 aliphatic heterocycles. The quantitative estimate of drug-likeness (QED) is 0.739. The number of carbonyl (C=O) groups is 2. The lowest BCUT2D eigenvalue weighted by Crippen LogP contribution is -2.27. The van der Waals surface area contributed by atoms with Gasteiger partial charge in [-0.25, -0.2) is 5.01 Å². The molecule has 0 aliphatic carbocycles. The van der Waals surface area contributed by atoms with E-state index in [0.29, 0.717) is 28.7 Å². The van der Waals surface area contributed by atoms with Crippen molar-refractivity contribution >= 4 is 29.2 Å². The van der Waals surface area contributed by atoms with Crippen LogP contribution in [0.5, 0.6) is 11.5 Å². The summed E-state index contributed by atoms with van der Waals surface area (Å²) >= 11 is 6.37. The topological polar surface area (TPSA) is 88.4 Å². The van der Waals surface area contributed by atoms with Crippen LogP contribution in [0.15, 0.2) is 47.6 Å². The van der Waals surface area contributed by atoms with Crippen molar-refractivity contribution in [1.29, 1.82) is 0 Å². The molecule has 0 spiro atoms. The number of hydrogen-bond donors (Lipinski definition) is 1. The monoisotopic (exact) mass is 416 g/mol. The first-order valence-corrected chi connectivity index (χ1v) is 9.40. The molecule has 0 fully saturated rings. The lowest BCUT2D eigenvalue weighted by atomic mass is 9.98. The highest BCUT2D eigenvalue weighted by Gasteiger charge is 2.34. The molecule has 2 aromatic carbocycles. The molecule has 2 aromatic rings. The highest BCUT2D eigenvalue weighted by molar-refractivity contribution is 6.31. The van der Waals surface area contributed by atoms with E-state index in [1.165, 1.54) is 5.01 Å². The number of benzene rings is 2. The molecule has 1 aliphatic rings. The molecule has 0 aromatic heterocycles. The van der Waals surface area contributed by atoms with Crippen LogP contribution < -0.4 is 9.47 Å². The molecule has 1 heterocycles. The van der Waals surface area contributed by atoms with Crippen molar-refractivity contribution in [2.75, 3.05) is 14.2 Å². The Morgan fingerprint density at radius 1 is 1.14 bits per heavy atom. The van der Waals surface area contributed by atoms with E-state index in [-0.39, 0.29) is 18.7 Å². The summed E-state index contributed by atoms with van der Waals surface area (Å²) in [4.78, 5) is 23.6. The third kappa shape index (κ3) is 4.68. The summed E-state index contributed by atoms with van der Waals surface area (Å²) in [5, 5.41) is 15.3. The van der Waals surface area contributed by atoms with Crippen LogP contribution in [0.2, 0.25) is 5.02 Å². The number of ether oxygens (including phenoxy) is 2. The van der Waals surface area contributed by atoms with Crippen molar-refractivity contribution in [2.45, 2.75) is 25.3 Å². The van der Waals surface area contributed by atoms with Crippen LogP contribution in [0, 0.1) is 0 Å². The van der Waals surface area contributed by atoms with Crippen LogP contribution in [0.25, 0.3) is 0 Å². The Morgan fingerprint density at radius 2 is 1.79 bits per heavy atom. The molecular formula is C21H21ClN2O5. The number of methoxy groups -OCH3 is 2. The van der Waals surface area contributed by atoms with Crippen molar-refractivity contribution in [3.05, 3.63) is 58.6 Å². The molecule has 0 saturated heterocycles. The van der Waals surface area contributed by atoms with Gasteiger partial charge in [-0.1, -0.05) is 29.8 Å². The Kier molecular flexibility index (Phi) is 6.39. The summed E-state index contributed by atoms with van der Waals surface area (Å²) in [5.74, 6) is -0.199. The van der Waals surface area contributed by atoms with Crippen LogP contribution in [-0.2, 0) is 9.59 Å². The largest absolute Gasteiger partial charge is 0.497 e. The van der Waals surface area contributed by atoms with E-state index in [2.05, 4.69) is 5.10 Å². The summed E-state index contributed by atoms with van der Waals surface area (Å²) < 4.78 is 10.6. The molecule has 0 radical (unpaired) electrons. The minimum absolute atomic E-state index is 0.144. The molecule has 1 atom stereocenters. The summed E-state index contributed by atoms with van der Waals surface area (Å²) in [6, 6.07) is 12.2. The number of carboxylic acids is 1. The second kappa shape index (κ2) is 8.96. The number of amides is 1. The molecule has 0 bridgehead atoms. The Balaban J connectivity index is 1.99. The lowest BCUT2D eigenvalue weighted by Gasteiger charge is -2.22.